The first-order valence-corrected chi connectivity index (χ1v) is 11.6. The number of hydrogen-bond donors (Lipinski definition) is 3. The molecule has 1 aromatic carbocycles. The Kier molecular flexibility index (Phi) is 11.1. The maximum atomic E-state index is 11.8. The minimum Gasteiger partial charge on any atom is -0.357 e. The summed E-state index contributed by atoms with van der Waals surface area (Å²) in [5, 5.41) is 6.73. The summed E-state index contributed by atoms with van der Waals surface area (Å²) in [5.74, 6) is 0.782. The van der Waals surface area contributed by atoms with E-state index in [4.69, 9.17) is 0 Å². The van der Waals surface area contributed by atoms with Crippen LogP contribution in [-0.4, -0.2) is 58.5 Å². The van der Waals surface area contributed by atoms with E-state index in [1.54, 1.807) is 24.3 Å². The van der Waals surface area contributed by atoms with Gasteiger partial charge in [0.2, 0.25) is 10.0 Å². The Bertz CT molecular complexity index is 685. The average molecular weight is 412 g/mol. The van der Waals surface area contributed by atoms with Gasteiger partial charge in [0.25, 0.3) is 0 Å². The molecule has 0 aliphatic rings. The summed E-state index contributed by atoms with van der Waals surface area (Å²) in [6.07, 6.45) is 2.23. The quantitative estimate of drug-likeness (QED) is 0.362. The molecule has 1 atom stereocenters. The molecule has 1 aromatic rings. The van der Waals surface area contributed by atoms with Crippen LogP contribution >= 0.6 is 0 Å². The lowest BCUT2D eigenvalue weighted by molar-refractivity contribution is 0.292. The third-order valence-corrected chi connectivity index (χ3v) is 6.09. The first-order chi connectivity index (χ1) is 13.4. The highest BCUT2D eigenvalue weighted by Crippen LogP contribution is 2.11. The van der Waals surface area contributed by atoms with Crippen LogP contribution in [0.5, 0.6) is 0 Å². The fourth-order valence-corrected chi connectivity index (χ4v) is 3.58. The lowest BCUT2D eigenvalue weighted by atomic mass is 10.2. The van der Waals surface area contributed by atoms with Crippen molar-refractivity contribution in [2.75, 3.05) is 33.2 Å². The van der Waals surface area contributed by atoms with Gasteiger partial charge in [-0.25, -0.2) is 18.1 Å². The van der Waals surface area contributed by atoms with Gasteiger partial charge in [0, 0.05) is 12.6 Å². The third-order valence-electron chi connectivity index (χ3n) is 4.66. The molecule has 0 fully saturated rings. The first-order valence-electron chi connectivity index (χ1n) is 10.2. The number of aliphatic imine (C=N–C) groups is 1. The predicted octanol–water partition coefficient (Wildman–Crippen LogP) is 2.16. The largest absolute Gasteiger partial charge is 0.357 e. The van der Waals surface area contributed by atoms with Crippen molar-refractivity contribution in [3.63, 3.8) is 0 Å². The highest BCUT2D eigenvalue weighted by molar-refractivity contribution is 7.89. The lowest BCUT2D eigenvalue weighted by Gasteiger charge is -2.21. The molecule has 0 aliphatic carbocycles. The van der Waals surface area contributed by atoms with Gasteiger partial charge >= 0.3 is 0 Å². The Hall–Kier alpha value is -1.64. The monoisotopic (exact) mass is 411 g/mol. The van der Waals surface area contributed by atoms with Crippen LogP contribution in [0, 0.1) is 0 Å². The molecule has 160 valence electrons. The molecule has 0 amide bonds. The second-order valence-electron chi connectivity index (χ2n) is 6.76. The van der Waals surface area contributed by atoms with Crippen molar-refractivity contribution >= 4 is 16.0 Å². The third kappa shape index (κ3) is 8.58. The Labute approximate surface area is 171 Å². The molecule has 28 heavy (non-hydrogen) atoms. The summed E-state index contributed by atoms with van der Waals surface area (Å²) in [6, 6.07) is 7.13. The lowest BCUT2D eigenvalue weighted by Crippen LogP contribution is -2.42. The smallest absolute Gasteiger partial charge is 0.240 e. The Balaban J connectivity index is 2.61. The highest BCUT2D eigenvalue weighted by atomic mass is 32.2. The van der Waals surface area contributed by atoms with Crippen LogP contribution in [0.2, 0.25) is 0 Å². The molecule has 7 nitrogen and oxygen atoms in total. The Morgan fingerprint density at radius 3 is 2.32 bits per heavy atom. The van der Waals surface area contributed by atoms with Gasteiger partial charge in [0.05, 0.1) is 11.4 Å². The molecule has 0 heterocycles. The second-order valence-corrected chi connectivity index (χ2v) is 8.65. The fraction of sp³-hybridized carbons (Fsp3) is 0.650. The zero-order valence-electron chi connectivity index (χ0n) is 18.0. The molecule has 0 saturated carbocycles. The number of nitrogens with zero attached hydrogens (tertiary/aromatic N) is 2. The van der Waals surface area contributed by atoms with Gasteiger partial charge in [-0.3, -0.25) is 0 Å². The van der Waals surface area contributed by atoms with Gasteiger partial charge in [-0.2, -0.15) is 0 Å². The summed E-state index contributed by atoms with van der Waals surface area (Å²) in [4.78, 5) is 7.32. The standard InChI is InChI=1S/C20H37N5O2S/c1-6-22-20(24-17(4)10-9-15-25(7-2)8-3)23-16-18-11-13-19(14-12-18)28(26,27)21-5/h11-14,17,21H,6-10,15-16H2,1-5H3,(H2,22,23,24). The molecule has 8 heteroatoms. The first kappa shape index (κ1) is 24.4. The summed E-state index contributed by atoms with van der Waals surface area (Å²) >= 11 is 0. The van der Waals surface area contributed by atoms with Crippen LogP contribution in [0.3, 0.4) is 0 Å². The van der Waals surface area contributed by atoms with Gasteiger partial charge in [0.1, 0.15) is 0 Å². The fourth-order valence-electron chi connectivity index (χ4n) is 2.85. The Morgan fingerprint density at radius 1 is 1.14 bits per heavy atom. The molecule has 3 N–H and O–H groups in total. The normalized spacial score (nSPS) is 13.6. The van der Waals surface area contributed by atoms with Gasteiger partial charge in [-0.15, -0.1) is 0 Å². The van der Waals surface area contributed by atoms with Crippen LogP contribution in [0.15, 0.2) is 34.2 Å². The van der Waals surface area contributed by atoms with E-state index in [1.807, 2.05) is 6.92 Å². The van der Waals surface area contributed by atoms with E-state index in [0.29, 0.717) is 12.6 Å². The van der Waals surface area contributed by atoms with E-state index in [0.717, 1.165) is 50.5 Å². The maximum Gasteiger partial charge on any atom is 0.240 e. The van der Waals surface area contributed by atoms with E-state index in [9.17, 15) is 8.42 Å². The van der Waals surface area contributed by atoms with Crippen molar-refractivity contribution in [2.45, 2.75) is 58.0 Å². The Morgan fingerprint density at radius 2 is 1.79 bits per heavy atom. The molecular weight excluding hydrogens is 374 g/mol. The molecule has 0 aromatic heterocycles. The predicted molar refractivity (Wildman–Crippen MR) is 117 cm³/mol. The zero-order valence-corrected chi connectivity index (χ0v) is 18.8. The minimum absolute atomic E-state index is 0.259. The summed E-state index contributed by atoms with van der Waals surface area (Å²) < 4.78 is 25.9. The van der Waals surface area contributed by atoms with Crippen molar-refractivity contribution in [3.8, 4) is 0 Å². The molecular formula is C20H37N5O2S. The molecule has 1 unspecified atom stereocenters. The van der Waals surface area contributed by atoms with Crippen LogP contribution in [0.25, 0.3) is 0 Å². The van der Waals surface area contributed by atoms with E-state index in [1.165, 1.54) is 7.05 Å². The molecule has 1 rings (SSSR count). The van der Waals surface area contributed by atoms with E-state index in [2.05, 4.69) is 46.0 Å². The average Bonchev–Trinajstić information content (AvgIpc) is 2.70. The minimum atomic E-state index is -3.40. The van der Waals surface area contributed by atoms with Crippen molar-refractivity contribution in [2.24, 2.45) is 4.99 Å². The van der Waals surface area contributed by atoms with Gasteiger partial charge in [-0.05, 0) is 71.1 Å². The number of nitrogens with one attached hydrogen (secondary N) is 3. The van der Waals surface area contributed by atoms with E-state index < -0.39 is 10.0 Å². The summed E-state index contributed by atoms with van der Waals surface area (Å²) in [5.41, 5.74) is 0.960. The number of sulfonamides is 1. The summed E-state index contributed by atoms with van der Waals surface area (Å²) in [7, 11) is -2.00. The van der Waals surface area contributed by atoms with Crippen LogP contribution in [0.4, 0.5) is 0 Å². The number of hydrogen-bond acceptors (Lipinski definition) is 4. The van der Waals surface area contributed by atoms with Crippen molar-refractivity contribution < 1.29 is 8.42 Å². The second kappa shape index (κ2) is 12.7. The van der Waals surface area contributed by atoms with Crippen LogP contribution in [-0.2, 0) is 16.6 Å². The number of guanidine groups is 1. The van der Waals surface area contributed by atoms with E-state index in [-0.39, 0.29) is 4.90 Å². The molecule has 0 aliphatic heterocycles. The molecule has 0 saturated heterocycles. The van der Waals surface area contributed by atoms with Gasteiger partial charge in [-0.1, -0.05) is 26.0 Å². The van der Waals surface area contributed by atoms with Crippen molar-refractivity contribution in [3.05, 3.63) is 29.8 Å². The number of benzene rings is 1. The van der Waals surface area contributed by atoms with Crippen LogP contribution < -0.4 is 15.4 Å². The van der Waals surface area contributed by atoms with Gasteiger partial charge < -0.3 is 15.5 Å². The zero-order chi connectivity index (χ0) is 21.0. The van der Waals surface area contributed by atoms with Crippen LogP contribution in [0.1, 0.15) is 46.1 Å². The topological polar surface area (TPSA) is 85.8 Å². The molecule has 0 bridgehead atoms. The maximum absolute atomic E-state index is 11.8. The SMILES string of the molecule is CCNC(=NCc1ccc(S(=O)(=O)NC)cc1)NC(C)CCCN(CC)CC. The molecule has 0 spiro atoms. The summed E-state index contributed by atoms with van der Waals surface area (Å²) in [6.45, 7) is 13.2. The molecule has 0 radical (unpaired) electrons. The van der Waals surface area contributed by atoms with Crippen molar-refractivity contribution in [1.29, 1.82) is 0 Å². The van der Waals surface area contributed by atoms with Gasteiger partial charge in [0.15, 0.2) is 5.96 Å². The number of rotatable bonds is 12. The highest BCUT2D eigenvalue weighted by Gasteiger charge is 2.10. The van der Waals surface area contributed by atoms with E-state index >= 15 is 0 Å². The van der Waals surface area contributed by atoms with Crippen molar-refractivity contribution in [1.82, 2.24) is 20.3 Å².